The van der Waals surface area contributed by atoms with Gasteiger partial charge in [0.2, 0.25) is 0 Å². The van der Waals surface area contributed by atoms with Crippen LogP contribution in [0.25, 0.3) is 0 Å². The molecule has 7 heteroatoms. The average molecular weight is 266 g/mol. The molecule has 0 aromatic heterocycles. The standard InChI is InChI=1S/C10H11ClN2O3.Na/c1-6(9(14)15)12-10(16)13-8-4-2-3-7(11)5-8;/h2-6H,1H3,(H,14,15)(H2,12,13,16);/q;+1. The fourth-order valence-electron chi connectivity index (χ4n) is 0.992. The van der Waals surface area contributed by atoms with Crippen LogP contribution in [0.2, 0.25) is 5.02 Å². The molecule has 17 heavy (non-hydrogen) atoms. The van der Waals surface area contributed by atoms with Crippen LogP contribution in [0.3, 0.4) is 0 Å². The van der Waals surface area contributed by atoms with Crippen LogP contribution >= 0.6 is 11.6 Å². The summed E-state index contributed by atoms with van der Waals surface area (Å²) in [4.78, 5) is 21.8. The maximum absolute atomic E-state index is 11.3. The summed E-state index contributed by atoms with van der Waals surface area (Å²) in [5.74, 6) is -1.10. The van der Waals surface area contributed by atoms with Crippen LogP contribution in [0.4, 0.5) is 10.5 Å². The summed E-state index contributed by atoms with van der Waals surface area (Å²) in [5.41, 5.74) is 0.502. The molecule has 5 nitrogen and oxygen atoms in total. The Morgan fingerprint density at radius 3 is 2.59 bits per heavy atom. The molecule has 3 N–H and O–H groups in total. The van der Waals surface area contributed by atoms with Crippen LogP contribution in [-0.2, 0) is 4.79 Å². The number of urea groups is 1. The minimum atomic E-state index is -1.10. The zero-order valence-electron chi connectivity index (χ0n) is 9.53. The molecule has 0 aliphatic heterocycles. The second kappa shape index (κ2) is 7.55. The Morgan fingerprint density at radius 1 is 1.41 bits per heavy atom. The zero-order chi connectivity index (χ0) is 12.1. The van der Waals surface area contributed by atoms with Crippen molar-refractivity contribution >= 4 is 29.3 Å². The molecule has 1 aromatic rings. The third kappa shape index (κ3) is 5.93. The maximum atomic E-state index is 11.3. The molecule has 0 saturated heterocycles. The van der Waals surface area contributed by atoms with Crippen molar-refractivity contribution in [2.75, 3.05) is 5.32 Å². The van der Waals surface area contributed by atoms with Crippen LogP contribution in [0.15, 0.2) is 24.3 Å². The normalized spacial score (nSPS) is 10.9. The van der Waals surface area contributed by atoms with Gasteiger partial charge >= 0.3 is 41.6 Å². The van der Waals surface area contributed by atoms with Crippen LogP contribution < -0.4 is 40.2 Å². The van der Waals surface area contributed by atoms with Crippen molar-refractivity contribution in [2.45, 2.75) is 13.0 Å². The Labute approximate surface area is 126 Å². The Balaban J connectivity index is 0.00000256. The number of carbonyl (C=O) groups is 2. The van der Waals surface area contributed by atoms with Crippen molar-refractivity contribution in [3.63, 3.8) is 0 Å². The van der Waals surface area contributed by atoms with Crippen molar-refractivity contribution in [1.82, 2.24) is 5.32 Å². The summed E-state index contributed by atoms with van der Waals surface area (Å²) < 4.78 is 0. The number of carboxylic acid groups (broad SMARTS) is 1. The minimum absolute atomic E-state index is 0. The first kappa shape index (κ1) is 16.2. The second-order valence-electron chi connectivity index (χ2n) is 3.17. The van der Waals surface area contributed by atoms with E-state index in [0.717, 1.165) is 0 Å². The molecule has 1 atom stereocenters. The predicted octanol–water partition coefficient (Wildman–Crippen LogP) is -1.06. The van der Waals surface area contributed by atoms with Crippen molar-refractivity contribution in [1.29, 1.82) is 0 Å². The number of rotatable bonds is 3. The largest absolute Gasteiger partial charge is 1.00 e. The molecule has 0 saturated carbocycles. The van der Waals surface area contributed by atoms with Gasteiger partial charge in [0.1, 0.15) is 6.04 Å². The number of benzene rings is 1. The number of hydrogen-bond donors (Lipinski definition) is 3. The monoisotopic (exact) mass is 265 g/mol. The van der Waals surface area contributed by atoms with Gasteiger partial charge in [0.05, 0.1) is 0 Å². The first-order chi connectivity index (χ1) is 7.49. The summed E-state index contributed by atoms with van der Waals surface area (Å²) in [6, 6.07) is 5.03. The van der Waals surface area contributed by atoms with Crippen LogP contribution in [-0.4, -0.2) is 23.1 Å². The Hall–Kier alpha value is -0.750. The summed E-state index contributed by atoms with van der Waals surface area (Å²) in [5, 5.41) is 13.8. The maximum Gasteiger partial charge on any atom is 1.00 e. The molecule has 86 valence electrons. The number of aliphatic carboxylic acids is 1. The van der Waals surface area contributed by atoms with Gasteiger partial charge in [0.15, 0.2) is 0 Å². The Kier molecular flexibility index (Phi) is 7.22. The van der Waals surface area contributed by atoms with Crippen LogP contribution in [0.5, 0.6) is 0 Å². The van der Waals surface area contributed by atoms with E-state index in [2.05, 4.69) is 10.6 Å². The van der Waals surface area contributed by atoms with Gasteiger partial charge in [-0.25, -0.2) is 4.79 Å². The zero-order valence-corrected chi connectivity index (χ0v) is 12.3. The van der Waals surface area contributed by atoms with E-state index in [-0.39, 0.29) is 29.6 Å². The molecule has 0 spiro atoms. The molecule has 0 radical (unpaired) electrons. The molecule has 0 aliphatic carbocycles. The SMILES string of the molecule is CC(NC(=O)Nc1cccc(Cl)c1)C(=O)O.[Na+]. The molecule has 1 unspecified atom stereocenters. The molecular formula is C10H11ClN2NaO3+. The fraction of sp³-hybridized carbons (Fsp3) is 0.200. The van der Waals surface area contributed by atoms with E-state index in [4.69, 9.17) is 16.7 Å². The van der Waals surface area contributed by atoms with Gasteiger partial charge in [-0.05, 0) is 25.1 Å². The molecule has 0 heterocycles. The molecule has 1 aromatic carbocycles. The van der Waals surface area contributed by atoms with Crippen molar-refractivity contribution < 1.29 is 44.3 Å². The van der Waals surface area contributed by atoms with Crippen LogP contribution in [0.1, 0.15) is 6.92 Å². The van der Waals surface area contributed by atoms with Crippen molar-refractivity contribution in [3.8, 4) is 0 Å². The van der Waals surface area contributed by atoms with Gasteiger partial charge in [0, 0.05) is 10.7 Å². The molecular weight excluding hydrogens is 255 g/mol. The van der Waals surface area contributed by atoms with E-state index < -0.39 is 18.0 Å². The van der Waals surface area contributed by atoms with Gasteiger partial charge < -0.3 is 15.7 Å². The summed E-state index contributed by atoms with van der Waals surface area (Å²) in [7, 11) is 0. The predicted molar refractivity (Wildman–Crippen MR) is 60.7 cm³/mol. The summed E-state index contributed by atoms with van der Waals surface area (Å²) in [6.07, 6.45) is 0. The number of amides is 2. The van der Waals surface area contributed by atoms with E-state index in [1.165, 1.54) is 6.92 Å². The van der Waals surface area contributed by atoms with E-state index >= 15 is 0 Å². The molecule has 0 aliphatic rings. The number of carbonyl (C=O) groups excluding carboxylic acids is 1. The first-order valence-corrected chi connectivity index (χ1v) is 4.92. The van der Waals surface area contributed by atoms with Gasteiger partial charge in [-0.3, -0.25) is 4.79 Å². The van der Waals surface area contributed by atoms with Crippen molar-refractivity contribution in [2.24, 2.45) is 0 Å². The third-order valence-electron chi connectivity index (χ3n) is 1.80. The number of nitrogens with one attached hydrogen (secondary N) is 2. The van der Waals surface area contributed by atoms with Crippen molar-refractivity contribution in [3.05, 3.63) is 29.3 Å². The molecule has 0 bridgehead atoms. The Bertz CT molecular complexity index is 414. The Morgan fingerprint density at radius 2 is 2.06 bits per heavy atom. The first-order valence-electron chi connectivity index (χ1n) is 4.55. The third-order valence-corrected chi connectivity index (χ3v) is 2.04. The number of anilines is 1. The number of halogens is 1. The molecule has 2 amide bonds. The van der Waals surface area contributed by atoms with E-state index in [9.17, 15) is 9.59 Å². The van der Waals surface area contributed by atoms with E-state index in [1.807, 2.05) is 0 Å². The molecule has 1 rings (SSSR count). The summed E-state index contributed by atoms with van der Waals surface area (Å²) >= 11 is 5.72. The quantitative estimate of drug-likeness (QED) is 0.610. The van der Waals surface area contributed by atoms with Gasteiger partial charge in [-0.1, -0.05) is 17.7 Å². The topological polar surface area (TPSA) is 78.4 Å². The smallest absolute Gasteiger partial charge is 0.480 e. The number of carboxylic acids is 1. The number of hydrogen-bond acceptors (Lipinski definition) is 2. The van der Waals surface area contributed by atoms with Gasteiger partial charge in [0.25, 0.3) is 0 Å². The van der Waals surface area contributed by atoms with Gasteiger partial charge in [-0.15, -0.1) is 0 Å². The fourth-order valence-corrected chi connectivity index (χ4v) is 1.18. The van der Waals surface area contributed by atoms with E-state index in [1.54, 1.807) is 24.3 Å². The molecule has 0 fully saturated rings. The second-order valence-corrected chi connectivity index (χ2v) is 3.61. The van der Waals surface area contributed by atoms with E-state index in [0.29, 0.717) is 10.7 Å². The summed E-state index contributed by atoms with van der Waals surface area (Å²) in [6.45, 7) is 1.37. The van der Waals surface area contributed by atoms with Gasteiger partial charge in [-0.2, -0.15) is 0 Å². The average Bonchev–Trinajstić information content (AvgIpc) is 2.16. The van der Waals surface area contributed by atoms with Crippen LogP contribution in [0, 0.1) is 0 Å². The minimum Gasteiger partial charge on any atom is -0.480 e.